The molecule has 7 heteroatoms. The van der Waals surface area contributed by atoms with E-state index in [1.165, 1.54) is 0 Å². The number of ether oxygens (including phenoxy) is 1. The molecule has 0 fully saturated rings. The van der Waals surface area contributed by atoms with E-state index in [2.05, 4.69) is 10.6 Å². The summed E-state index contributed by atoms with van der Waals surface area (Å²) in [5.74, 6) is 1.67. The van der Waals surface area contributed by atoms with Crippen molar-refractivity contribution in [1.82, 2.24) is 14.8 Å². The molecule has 1 atom stereocenters. The number of carbonyl (C=O) groups is 1. The summed E-state index contributed by atoms with van der Waals surface area (Å²) in [4.78, 5) is 18.2. The van der Waals surface area contributed by atoms with Crippen LogP contribution in [0.5, 0.6) is 5.75 Å². The van der Waals surface area contributed by atoms with E-state index in [9.17, 15) is 4.79 Å². The number of anilines is 2. The van der Waals surface area contributed by atoms with Crippen LogP contribution in [0.3, 0.4) is 0 Å². The van der Waals surface area contributed by atoms with Crippen molar-refractivity contribution in [3.05, 3.63) is 102 Å². The maximum Gasteiger partial charge on any atom is 0.255 e. The molecule has 0 saturated heterocycles. The zero-order chi connectivity index (χ0) is 22.8. The normalized spacial score (nSPS) is 14.9. The Morgan fingerprint density at radius 3 is 2.45 bits per heavy atom. The van der Waals surface area contributed by atoms with Crippen LogP contribution >= 0.6 is 0 Å². The van der Waals surface area contributed by atoms with Crippen LogP contribution in [0.2, 0.25) is 0 Å². The lowest BCUT2D eigenvalue weighted by Gasteiger charge is -2.28. The van der Waals surface area contributed by atoms with Crippen LogP contribution < -0.4 is 15.4 Å². The van der Waals surface area contributed by atoms with E-state index in [-0.39, 0.29) is 5.91 Å². The fraction of sp³-hybridized carbons (Fsp3) is 0.115. The Kier molecular flexibility index (Phi) is 5.36. The predicted molar refractivity (Wildman–Crippen MR) is 128 cm³/mol. The lowest BCUT2D eigenvalue weighted by atomic mass is 9.95. The van der Waals surface area contributed by atoms with Crippen molar-refractivity contribution in [3.63, 3.8) is 0 Å². The van der Waals surface area contributed by atoms with Crippen molar-refractivity contribution in [2.24, 2.45) is 0 Å². The second-order valence-corrected chi connectivity index (χ2v) is 7.73. The molecule has 164 valence electrons. The van der Waals surface area contributed by atoms with Crippen molar-refractivity contribution in [2.75, 3.05) is 17.7 Å². The number of rotatable bonds is 5. The van der Waals surface area contributed by atoms with Crippen LogP contribution in [0.15, 0.2) is 96.2 Å². The Morgan fingerprint density at radius 2 is 1.73 bits per heavy atom. The van der Waals surface area contributed by atoms with Gasteiger partial charge < -0.3 is 15.4 Å². The standard InChI is InChI=1S/C26H23N5O2/c1-17-22(25(32)28-20-13-7-4-8-14-20)23(18-10-5-3-6-11-18)31-26(27-17)29-24(30-31)19-12-9-15-21(16-19)33-2/h3-16,23H,1-2H3,(H,28,32)(H,27,29,30). The van der Waals surface area contributed by atoms with Gasteiger partial charge in [-0.2, -0.15) is 4.98 Å². The molecular weight excluding hydrogens is 414 g/mol. The summed E-state index contributed by atoms with van der Waals surface area (Å²) in [5, 5.41) is 11.1. The molecule has 0 aliphatic carbocycles. The molecule has 0 spiro atoms. The number of allylic oxidation sites excluding steroid dienone is 1. The first kappa shape index (κ1) is 20.5. The topological polar surface area (TPSA) is 81.1 Å². The minimum Gasteiger partial charge on any atom is -0.497 e. The number of methoxy groups -OCH3 is 1. The van der Waals surface area contributed by atoms with Gasteiger partial charge in [-0.25, -0.2) is 4.68 Å². The largest absolute Gasteiger partial charge is 0.497 e. The van der Waals surface area contributed by atoms with E-state index in [4.69, 9.17) is 14.8 Å². The highest BCUT2D eigenvalue weighted by Crippen LogP contribution is 2.37. The molecule has 33 heavy (non-hydrogen) atoms. The first-order chi connectivity index (χ1) is 16.1. The fourth-order valence-electron chi connectivity index (χ4n) is 3.99. The van der Waals surface area contributed by atoms with Gasteiger partial charge in [0.25, 0.3) is 5.91 Å². The Balaban J connectivity index is 1.59. The molecule has 2 heterocycles. The Labute approximate surface area is 191 Å². The molecule has 1 aromatic heterocycles. The number of aromatic nitrogens is 3. The summed E-state index contributed by atoms with van der Waals surface area (Å²) in [5.41, 5.74) is 3.82. The van der Waals surface area contributed by atoms with Crippen LogP contribution in [-0.4, -0.2) is 27.8 Å². The van der Waals surface area contributed by atoms with Crippen LogP contribution in [0.1, 0.15) is 18.5 Å². The molecule has 4 aromatic rings. The second kappa shape index (κ2) is 8.63. The molecular formula is C26H23N5O2. The monoisotopic (exact) mass is 437 g/mol. The number of hydrogen-bond acceptors (Lipinski definition) is 5. The number of carbonyl (C=O) groups excluding carboxylic acids is 1. The van der Waals surface area contributed by atoms with E-state index in [0.29, 0.717) is 17.3 Å². The molecule has 2 N–H and O–H groups in total. The number of benzene rings is 3. The molecule has 1 amide bonds. The minimum absolute atomic E-state index is 0.191. The van der Waals surface area contributed by atoms with Gasteiger partial charge >= 0.3 is 0 Å². The van der Waals surface area contributed by atoms with Gasteiger partial charge in [-0.05, 0) is 36.8 Å². The number of hydrogen-bond donors (Lipinski definition) is 2. The molecule has 3 aromatic carbocycles. The van der Waals surface area contributed by atoms with Crippen LogP contribution in [0.4, 0.5) is 11.6 Å². The van der Waals surface area contributed by atoms with Crippen molar-refractivity contribution >= 4 is 17.5 Å². The number of nitrogens with one attached hydrogen (secondary N) is 2. The third kappa shape index (κ3) is 3.96. The summed E-state index contributed by atoms with van der Waals surface area (Å²) in [7, 11) is 1.63. The van der Waals surface area contributed by atoms with Crippen molar-refractivity contribution in [1.29, 1.82) is 0 Å². The number of nitrogens with zero attached hydrogens (tertiary/aromatic N) is 3. The molecule has 0 radical (unpaired) electrons. The van der Waals surface area contributed by atoms with Gasteiger partial charge in [0.15, 0.2) is 5.82 Å². The van der Waals surface area contributed by atoms with Gasteiger partial charge in [-0.3, -0.25) is 4.79 Å². The first-order valence-corrected chi connectivity index (χ1v) is 10.6. The molecule has 5 rings (SSSR count). The first-order valence-electron chi connectivity index (χ1n) is 10.6. The highest BCUT2D eigenvalue weighted by Gasteiger charge is 2.34. The Bertz CT molecular complexity index is 1330. The summed E-state index contributed by atoms with van der Waals surface area (Å²) in [6.45, 7) is 1.89. The summed E-state index contributed by atoms with van der Waals surface area (Å²) in [6.07, 6.45) is 0. The average molecular weight is 438 g/mol. The zero-order valence-electron chi connectivity index (χ0n) is 18.3. The van der Waals surface area contributed by atoms with Crippen molar-refractivity contribution < 1.29 is 9.53 Å². The Hall–Kier alpha value is -4.39. The molecule has 1 aliphatic heterocycles. The minimum atomic E-state index is -0.432. The van der Waals surface area contributed by atoms with Gasteiger partial charge in [-0.1, -0.05) is 60.7 Å². The van der Waals surface area contributed by atoms with E-state index in [1.54, 1.807) is 11.8 Å². The number of amides is 1. The van der Waals surface area contributed by atoms with Gasteiger partial charge in [0.2, 0.25) is 5.95 Å². The van der Waals surface area contributed by atoms with E-state index >= 15 is 0 Å². The lowest BCUT2D eigenvalue weighted by Crippen LogP contribution is -2.31. The molecule has 1 unspecified atom stereocenters. The highest BCUT2D eigenvalue weighted by atomic mass is 16.5. The molecule has 1 aliphatic rings. The Morgan fingerprint density at radius 1 is 1.00 bits per heavy atom. The lowest BCUT2D eigenvalue weighted by molar-refractivity contribution is -0.113. The highest BCUT2D eigenvalue weighted by molar-refractivity contribution is 6.06. The van der Waals surface area contributed by atoms with E-state index in [1.807, 2.05) is 91.9 Å². The fourth-order valence-corrected chi connectivity index (χ4v) is 3.99. The smallest absolute Gasteiger partial charge is 0.255 e. The quantitative estimate of drug-likeness (QED) is 0.465. The summed E-state index contributed by atoms with van der Waals surface area (Å²) >= 11 is 0. The summed E-state index contributed by atoms with van der Waals surface area (Å²) in [6, 6.07) is 26.5. The zero-order valence-corrected chi connectivity index (χ0v) is 18.3. The van der Waals surface area contributed by atoms with Crippen molar-refractivity contribution in [3.8, 4) is 17.1 Å². The third-order valence-electron chi connectivity index (χ3n) is 5.57. The van der Waals surface area contributed by atoms with Crippen molar-refractivity contribution in [2.45, 2.75) is 13.0 Å². The van der Waals surface area contributed by atoms with Crippen LogP contribution in [-0.2, 0) is 4.79 Å². The average Bonchev–Trinajstić information content (AvgIpc) is 3.28. The van der Waals surface area contributed by atoms with Gasteiger partial charge in [-0.15, -0.1) is 5.10 Å². The number of para-hydroxylation sites is 1. The van der Waals surface area contributed by atoms with Gasteiger partial charge in [0.05, 0.1) is 12.7 Å². The van der Waals surface area contributed by atoms with E-state index < -0.39 is 6.04 Å². The predicted octanol–water partition coefficient (Wildman–Crippen LogP) is 4.88. The SMILES string of the molecule is COc1cccc(-c2nc3n(n2)C(c2ccccc2)C(C(=O)Nc2ccccc2)=C(C)N3)c1. The maximum atomic E-state index is 13.4. The second-order valence-electron chi connectivity index (χ2n) is 7.73. The van der Waals surface area contributed by atoms with Crippen LogP contribution in [0, 0.1) is 0 Å². The third-order valence-corrected chi connectivity index (χ3v) is 5.57. The maximum absolute atomic E-state index is 13.4. The molecule has 0 bridgehead atoms. The summed E-state index contributed by atoms with van der Waals surface area (Å²) < 4.78 is 7.13. The van der Waals surface area contributed by atoms with E-state index in [0.717, 1.165) is 28.3 Å². The van der Waals surface area contributed by atoms with Crippen LogP contribution in [0.25, 0.3) is 11.4 Å². The van der Waals surface area contributed by atoms with Gasteiger partial charge in [0, 0.05) is 16.9 Å². The molecule has 7 nitrogen and oxygen atoms in total. The van der Waals surface area contributed by atoms with Gasteiger partial charge in [0.1, 0.15) is 11.8 Å². The molecule has 0 saturated carbocycles. The number of fused-ring (bicyclic) bond motifs is 1.